The van der Waals surface area contributed by atoms with Gasteiger partial charge in [-0.3, -0.25) is 0 Å². The third-order valence-corrected chi connectivity index (χ3v) is 5.36. The molecule has 0 unspecified atom stereocenters. The maximum Gasteiger partial charge on any atom is 0.323 e. The Hall–Kier alpha value is -4.39. The Bertz CT molecular complexity index is 1310. The molecule has 1 heterocycles. The highest BCUT2D eigenvalue weighted by Gasteiger charge is 2.22. The van der Waals surface area contributed by atoms with E-state index in [-0.39, 0.29) is 11.9 Å². The number of benzene rings is 3. The van der Waals surface area contributed by atoms with Crippen LogP contribution in [0.4, 0.5) is 0 Å². The second-order valence-electron chi connectivity index (χ2n) is 8.66. The number of oxime groups is 1. The minimum atomic E-state index is 0.0113. The monoisotopic (exact) mass is 483 g/mol. The van der Waals surface area contributed by atoms with Gasteiger partial charge in [-0.1, -0.05) is 85.7 Å². The number of rotatable bonds is 10. The Morgan fingerprint density at radius 3 is 2.06 bits per heavy atom. The molecule has 36 heavy (non-hydrogen) atoms. The van der Waals surface area contributed by atoms with E-state index in [9.17, 15) is 0 Å². The summed E-state index contributed by atoms with van der Waals surface area (Å²) < 4.78 is 18.4. The lowest BCUT2D eigenvalue weighted by Crippen LogP contribution is -2.09. The fourth-order valence-electron chi connectivity index (χ4n) is 3.69. The van der Waals surface area contributed by atoms with E-state index in [1.54, 1.807) is 6.07 Å². The molecule has 1 N–H and O–H groups in total. The van der Waals surface area contributed by atoms with Gasteiger partial charge in [0.05, 0.1) is 11.8 Å². The topological polar surface area (TPSA) is 86.1 Å². The minimum absolute atomic E-state index is 0.0113. The second kappa shape index (κ2) is 11.8. The maximum absolute atomic E-state index is 8.96. The summed E-state index contributed by atoms with van der Waals surface area (Å²) in [5.74, 6) is 1.32. The highest BCUT2D eigenvalue weighted by atomic mass is 16.5. The van der Waals surface area contributed by atoms with Crippen molar-refractivity contribution in [3.63, 3.8) is 0 Å². The second-order valence-corrected chi connectivity index (χ2v) is 8.66. The molecule has 0 bridgehead atoms. The van der Waals surface area contributed by atoms with Crippen molar-refractivity contribution in [2.45, 2.75) is 39.9 Å². The van der Waals surface area contributed by atoms with Crippen LogP contribution in [-0.2, 0) is 13.2 Å². The molecule has 0 spiro atoms. The first-order valence-electron chi connectivity index (χ1n) is 11.7. The van der Waals surface area contributed by atoms with Crippen LogP contribution >= 0.6 is 0 Å². The van der Waals surface area contributed by atoms with Crippen LogP contribution in [0.15, 0.2) is 84.0 Å². The molecule has 0 radical (unpaired) electrons. The van der Waals surface area contributed by atoms with Crippen LogP contribution in [0.5, 0.6) is 23.5 Å². The number of nitrogens with zero attached hydrogens (tertiary/aromatic N) is 3. The Labute approximate surface area is 211 Å². The molecule has 4 aromatic rings. The molecule has 0 aliphatic rings. The highest BCUT2D eigenvalue weighted by Crippen LogP contribution is 2.37. The molecule has 184 valence electrons. The van der Waals surface area contributed by atoms with Gasteiger partial charge in [0.2, 0.25) is 11.8 Å². The zero-order valence-electron chi connectivity index (χ0n) is 20.6. The van der Waals surface area contributed by atoms with Crippen LogP contribution in [0.3, 0.4) is 0 Å². The summed E-state index contributed by atoms with van der Waals surface area (Å²) in [6.45, 7) is 6.66. The summed E-state index contributed by atoms with van der Waals surface area (Å²) in [4.78, 5) is 9.21. The van der Waals surface area contributed by atoms with E-state index in [4.69, 9.17) is 19.4 Å². The summed E-state index contributed by atoms with van der Waals surface area (Å²) >= 11 is 0. The fourth-order valence-corrected chi connectivity index (χ4v) is 3.69. The maximum atomic E-state index is 8.96. The normalized spacial score (nSPS) is 11.1. The van der Waals surface area contributed by atoms with Crippen LogP contribution < -0.4 is 14.2 Å². The third-order valence-electron chi connectivity index (χ3n) is 5.36. The standard InChI is InChI=1S/C29H29N3O4/c1-20(2)26-27(34-18-22-10-6-4-7-11-22)31-29(35-19-23-12-8-5-9-13-23)32-28(26)36-25-15-21(3)14-24(16-25)17-30-33/h4-17,20,33H,18-19H2,1-3H3/b30-17+. The SMILES string of the molecule is Cc1cc(/C=N/O)cc(Oc2nc(OCc3ccccc3)nc(OCc3ccccc3)c2C(C)C)c1. The molecule has 0 atom stereocenters. The Kier molecular flexibility index (Phi) is 8.13. The molecule has 7 heteroatoms. The molecule has 0 aliphatic carbocycles. The molecule has 0 amide bonds. The zero-order chi connectivity index (χ0) is 25.3. The van der Waals surface area contributed by atoms with Gasteiger partial charge in [0.1, 0.15) is 19.0 Å². The molecule has 0 saturated heterocycles. The van der Waals surface area contributed by atoms with Crippen molar-refractivity contribution in [3.8, 4) is 23.5 Å². The smallest absolute Gasteiger partial charge is 0.323 e. The lowest BCUT2D eigenvalue weighted by atomic mass is 10.1. The molecule has 0 fully saturated rings. The molecule has 0 aliphatic heterocycles. The summed E-state index contributed by atoms with van der Waals surface area (Å²) in [7, 11) is 0. The Morgan fingerprint density at radius 1 is 0.833 bits per heavy atom. The van der Waals surface area contributed by atoms with Gasteiger partial charge in [-0.2, -0.15) is 9.97 Å². The van der Waals surface area contributed by atoms with Crippen LogP contribution in [0.1, 0.15) is 47.6 Å². The summed E-state index contributed by atoms with van der Waals surface area (Å²) in [5, 5.41) is 12.1. The number of hydrogen-bond donors (Lipinski definition) is 1. The van der Waals surface area contributed by atoms with Crippen LogP contribution in [0.25, 0.3) is 0 Å². The molecule has 7 nitrogen and oxygen atoms in total. The van der Waals surface area contributed by atoms with Gasteiger partial charge < -0.3 is 19.4 Å². The van der Waals surface area contributed by atoms with Gasteiger partial charge in [-0.15, -0.1) is 0 Å². The van der Waals surface area contributed by atoms with Crippen molar-refractivity contribution >= 4 is 6.21 Å². The van der Waals surface area contributed by atoms with Crippen LogP contribution in [0, 0.1) is 6.92 Å². The lowest BCUT2D eigenvalue weighted by molar-refractivity contribution is 0.249. The van der Waals surface area contributed by atoms with Crippen molar-refractivity contribution in [1.29, 1.82) is 0 Å². The fraction of sp³-hybridized carbons (Fsp3) is 0.207. The summed E-state index contributed by atoms with van der Waals surface area (Å²) in [6, 6.07) is 25.4. The number of aromatic nitrogens is 2. The average molecular weight is 484 g/mol. The Morgan fingerprint density at radius 2 is 1.44 bits per heavy atom. The van der Waals surface area contributed by atoms with Crippen LogP contribution in [0.2, 0.25) is 0 Å². The minimum Gasteiger partial charge on any atom is -0.472 e. The molecular formula is C29H29N3O4. The lowest BCUT2D eigenvalue weighted by Gasteiger charge is -2.18. The van der Waals surface area contributed by atoms with E-state index >= 15 is 0 Å². The summed E-state index contributed by atoms with van der Waals surface area (Å²) in [6.07, 6.45) is 1.35. The number of hydrogen-bond acceptors (Lipinski definition) is 7. The van der Waals surface area contributed by atoms with Crippen molar-refractivity contribution < 1.29 is 19.4 Å². The van der Waals surface area contributed by atoms with E-state index < -0.39 is 0 Å². The largest absolute Gasteiger partial charge is 0.472 e. The van der Waals surface area contributed by atoms with Crippen molar-refractivity contribution in [2.24, 2.45) is 5.16 Å². The first-order valence-corrected chi connectivity index (χ1v) is 11.7. The van der Waals surface area contributed by atoms with Gasteiger partial charge in [0.25, 0.3) is 0 Å². The molecule has 0 saturated carbocycles. The van der Waals surface area contributed by atoms with Gasteiger partial charge in [0.15, 0.2) is 0 Å². The summed E-state index contributed by atoms with van der Waals surface area (Å²) in [5.41, 5.74) is 4.40. The van der Waals surface area contributed by atoms with Gasteiger partial charge in [-0.05, 0) is 41.7 Å². The van der Waals surface area contributed by atoms with Gasteiger partial charge in [0, 0.05) is 5.56 Å². The number of ether oxygens (including phenoxy) is 3. The molecule has 3 aromatic carbocycles. The average Bonchev–Trinajstić information content (AvgIpc) is 2.87. The first kappa shape index (κ1) is 24.7. The van der Waals surface area contributed by atoms with Gasteiger partial charge in [-0.25, -0.2) is 0 Å². The zero-order valence-corrected chi connectivity index (χ0v) is 20.6. The predicted octanol–water partition coefficient (Wildman–Crippen LogP) is 6.67. The van der Waals surface area contributed by atoms with E-state index in [1.165, 1.54) is 6.21 Å². The van der Waals surface area contributed by atoms with Crippen molar-refractivity contribution in [3.05, 3.63) is 107 Å². The predicted molar refractivity (Wildman–Crippen MR) is 138 cm³/mol. The van der Waals surface area contributed by atoms with Crippen molar-refractivity contribution in [1.82, 2.24) is 9.97 Å². The molecule has 4 rings (SSSR count). The van der Waals surface area contributed by atoms with Crippen LogP contribution in [-0.4, -0.2) is 21.4 Å². The van der Waals surface area contributed by atoms with Crippen molar-refractivity contribution in [2.75, 3.05) is 0 Å². The first-order chi connectivity index (χ1) is 17.5. The van der Waals surface area contributed by atoms with E-state index in [1.807, 2.05) is 93.6 Å². The quantitative estimate of drug-likeness (QED) is 0.154. The number of aryl methyl sites for hydroxylation is 1. The Balaban J connectivity index is 1.71. The highest BCUT2D eigenvalue weighted by molar-refractivity contribution is 5.80. The molecular weight excluding hydrogens is 454 g/mol. The van der Waals surface area contributed by atoms with E-state index in [2.05, 4.69) is 15.1 Å². The van der Waals surface area contributed by atoms with E-state index in [0.29, 0.717) is 36.3 Å². The van der Waals surface area contributed by atoms with E-state index in [0.717, 1.165) is 22.3 Å². The van der Waals surface area contributed by atoms with Gasteiger partial charge >= 0.3 is 6.01 Å². The third kappa shape index (κ3) is 6.60. The molecule has 1 aromatic heterocycles.